The van der Waals surface area contributed by atoms with Crippen LogP contribution in [0.1, 0.15) is 17.5 Å². The lowest BCUT2D eigenvalue weighted by molar-refractivity contribution is -0.136. The highest BCUT2D eigenvalue weighted by atomic mass is 16.5. The van der Waals surface area contributed by atoms with Gasteiger partial charge in [0.2, 0.25) is 0 Å². The van der Waals surface area contributed by atoms with E-state index in [4.69, 9.17) is 9.47 Å². The zero-order valence-electron chi connectivity index (χ0n) is 17.1. The third-order valence-corrected chi connectivity index (χ3v) is 5.04. The molecule has 2 N–H and O–H groups in total. The molecule has 2 amide bonds. The molecule has 2 aromatic carbocycles. The number of nitrogens with one attached hydrogen (secondary N) is 2. The molecule has 2 aromatic rings. The minimum atomic E-state index is -0.718. The Kier molecular flexibility index (Phi) is 6.59. The smallest absolute Gasteiger partial charge is 0.313 e. The number of methoxy groups -OCH3 is 2. The maximum absolute atomic E-state index is 12.1. The van der Waals surface area contributed by atoms with Crippen molar-refractivity contribution in [1.82, 2.24) is 5.32 Å². The second-order valence-corrected chi connectivity index (χ2v) is 7.02. The number of hydrogen-bond donors (Lipinski definition) is 2. The van der Waals surface area contributed by atoms with Crippen LogP contribution in [0.4, 0.5) is 11.4 Å². The molecule has 0 fully saturated rings. The summed E-state index contributed by atoms with van der Waals surface area (Å²) in [4.78, 5) is 26.5. The molecule has 0 bridgehead atoms. The number of carbonyl (C=O) groups excluding carboxylic acids is 2. The topological polar surface area (TPSA) is 79.9 Å². The van der Waals surface area contributed by atoms with Crippen LogP contribution in [0.3, 0.4) is 0 Å². The normalized spacial score (nSPS) is 12.7. The third-order valence-electron chi connectivity index (χ3n) is 5.04. The van der Waals surface area contributed by atoms with E-state index in [-0.39, 0.29) is 0 Å². The van der Waals surface area contributed by atoms with Crippen LogP contribution in [-0.4, -0.2) is 46.2 Å². The second-order valence-electron chi connectivity index (χ2n) is 7.02. The van der Waals surface area contributed by atoms with Gasteiger partial charge in [-0.2, -0.15) is 0 Å². The predicted molar refractivity (Wildman–Crippen MR) is 113 cm³/mol. The fourth-order valence-electron chi connectivity index (χ4n) is 3.50. The van der Waals surface area contributed by atoms with Gasteiger partial charge in [0.25, 0.3) is 0 Å². The van der Waals surface area contributed by atoms with E-state index in [1.165, 1.54) is 25.5 Å². The number of benzene rings is 2. The zero-order chi connectivity index (χ0) is 20.8. The van der Waals surface area contributed by atoms with Crippen molar-refractivity contribution in [3.63, 3.8) is 0 Å². The van der Waals surface area contributed by atoms with E-state index < -0.39 is 11.8 Å². The van der Waals surface area contributed by atoms with Crippen LogP contribution < -0.4 is 25.0 Å². The van der Waals surface area contributed by atoms with Crippen LogP contribution in [0, 0.1) is 0 Å². The zero-order valence-corrected chi connectivity index (χ0v) is 17.1. The molecule has 7 heteroatoms. The Hall–Kier alpha value is -3.22. The number of aryl methyl sites for hydroxylation is 1. The lowest BCUT2D eigenvalue weighted by Crippen LogP contribution is -2.36. The molecule has 3 rings (SSSR count). The standard InChI is InChI=1S/C22H27N3O4/c1-25-12-4-5-16-13-15(6-8-18(16)25)10-11-23-21(26)22(27)24-17-7-9-19(28-2)20(14-17)29-3/h6-9,13-14H,4-5,10-12H2,1-3H3,(H,23,26)(H,24,27). The van der Waals surface area contributed by atoms with Crippen LogP contribution in [0.15, 0.2) is 36.4 Å². The van der Waals surface area contributed by atoms with E-state index in [0.29, 0.717) is 30.2 Å². The van der Waals surface area contributed by atoms with Gasteiger partial charge in [-0.15, -0.1) is 0 Å². The number of rotatable bonds is 6. The Morgan fingerprint density at radius 3 is 2.59 bits per heavy atom. The summed E-state index contributed by atoms with van der Waals surface area (Å²) in [6.07, 6.45) is 2.90. The van der Waals surface area contributed by atoms with Gasteiger partial charge in [-0.3, -0.25) is 9.59 Å². The highest BCUT2D eigenvalue weighted by molar-refractivity contribution is 6.39. The van der Waals surface area contributed by atoms with Crippen LogP contribution in [0.5, 0.6) is 11.5 Å². The van der Waals surface area contributed by atoms with E-state index in [0.717, 1.165) is 24.9 Å². The molecule has 0 aliphatic carbocycles. The summed E-state index contributed by atoms with van der Waals surface area (Å²) in [6.45, 7) is 1.48. The molecule has 0 saturated heterocycles. The first-order valence-corrected chi connectivity index (χ1v) is 9.66. The predicted octanol–water partition coefficient (Wildman–Crippen LogP) is 2.38. The van der Waals surface area contributed by atoms with Crippen LogP contribution in [0.2, 0.25) is 0 Å². The quantitative estimate of drug-likeness (QED) is 0.732. The number of fused-ring (bicyclic) bond motifs is 1. The maximum Gasteiger partial charge on any atom is 0.313 e. The summed E-state index contributed by atoms with van der Waals surface area (Å²) >= 11 is 0. The van der Waals surface area contributed by atoms with Crippen molar-refractivity contribution in [2.75, 3.05) is 44.6 Å². The fraction of sp³-hybridized carbons (Fsp3) is 0.364. The van der Waals surface area contributed by atoms with E-state index >= 15 is 0 Å². The molecule has 1 aliphatic rings. The first-order valence-electron chi connectivity index (χ1n) is 9.66. The summed E-state index contributed by atoms with van der Waals surface area (Å²) in [5.41, 5.74) is 4.23. The molecule has 0 atom stereocenters. The van der Waals surface area contributed by atoms with Crippen molar-refractivity contribution in [2.24, 2.45) is 0 Å². The van der Waals surface area contributed by atoms with Gasteiger partial charge in [-0.1, -0.05) is 12.1 Å². The fourth-order valence-corrected chi connectivity index (χ4v) is 3.50. The highest BCUT2D eigenvalue weighted by Gasteiger charge is 2.16. The van der Waals surface area contributed by atoms with Crippen molar-refractivity contribution in [3.8, 4) is 11.5 Å². The SMILES string of the molecule is COc1ccc(NC(=O)C(=O)NCCc2ccc3c(c2)CCCN3C)cc1OC. The Bertz CT molecular complexity index is 898. The van der Waals surface area contributed by atoms with Crippen molar-refractivity contribution < 1.29 is 19.1 Å². The summed E-state index contributed by atoms with van der Waals surface area (Å²) in [5, 5.41) is 5.24. The molecule has 0 unspecified atom stereocenters. The molecule has 1 heterocycles. The molecular weight excluding hydrogens is 370 g/mol. The first-order chi connectivity index (χ1) is 14.0. The van der Waals surface area contributed by atoms with E-state index in [9.17, 15) is 9.59 Å². The van der Waals surface area contributed by atoms with Crippen LogP contribution in [-0.2, 0) is 22.4 Å². The Labute approximate surface area is 171 Å². The summed E-state index contributed by atoms with van der Waals surface area (Å²) < 4.78 is 10.4. The Morgan fingerprint density at radius 1 is 1.03 bits per heavy atom. The van der Waals surface area contributed by atoms with Gasteiger partial charge in [0.1, 0.15) is 0 Å². The summed E-state index contributed by atoms with van der Waals surface area (Å²) in [5.74, 6) is -0.364. The molecule has 7 nitrogen and oxygen atoms in total. The minimum Gasteiger partial charge on any atom is -0.493 e. The molecule has 154 valence electrons. The molecule has 0 radical (unpaired) electrons. The van der Waals surface area contributed by atoms with Crippen molar-refractivity contribution in [1.29, 1.82) is 0 Å². The number of nitrogens with zero attached hydrogens (tertiary/aromatic N) is 1. The van der Waals surface area contributed by atoms with Gasteiger partial charge < -0.3 is 25.0 Å². The van der Waals surface area contributed by atoms with Gasteiger partial charge >= 0.3 is 11.8 Å². The van der Waals surface area contributed by atoms with Gasteiger partial charge in [-0.05, 0) is 48.6 Å². The number of anilines is 2. The lowest BCUT2D eigenvalue weighted by atomic mass is 9.98. The van der Waals surface area contributed by atoms with E-state index in [2.05, 4.69) is 40.8 Å². The second kappa shape index (κ2) is 9.32. The first kappa shape index (κ1) is 20.5. The van der Waals surface area contributed by atoms with Crippen LogP contribution >= 0.6 is 0 Å². The van der Waals surface area contributed by atoms with E-state index in [1.807, 2.05) is 0 Å². The van der Waals surface area contributed by atoms with Gasteiger partial charge in [0.05, 0.1) is 14.2 Å². The lowest BCUT2D eigenvalue weighted by Gasteiger charge is -2.27. The van der Waals surface area contributed by atoms with Gasteiger partial charge in [0, 0.05) is 37.6 Å². The molecule has 0 saturated carbocycles. The van der Waals surface area contributed by atoms with E-state index in [1.54, 1.807) is 18.2 Å². The molecule has 0 aromatic heterocycles. The Morgan fingerprint density at radius 2 is 1.83 bits per heavy atom. The summed E-state index contributed by atoms with van der Waals surface area (Å²) in [6, 6.07) is 11.3. The van der Waals surface area contributed by atoms with Crippen molar-refractivity contribution >= 4 is 23.2 Å². The largest absolute Gasteiger partial charge is 0.493 e. The third kappa shape index (κ3) is 4.99. The summed E-state index contributed by atoms with van der Waals surface area (Å²) in [7, 11) is 5.15. The molecule has 29 heavy (non-hydrogen) atoms. The number of ether oxygens (including phenoxy) is 2. The monoisotopic (exact) mass is 397 g/mol. The highest BCUT2D eigenvalue weighted by Crippen LogP contribution is 2.29. The Balaban J connectivity index is 1.51. The minimum absolute atomic E-state index is 0.396. The molecule has 1 aliphatic heterocycles. The molecule has 0 spiro atoms. The van der Waals surface area contributed by atoms with Gasteiger partial charge in [-0.25, -0.2) is 0 Å². The van der Waals surface area contributed by atoms with Crippen molar-refractivity contribution in [2.45, 2.75) is 19.3 Å². The van der Waals surface area contributed by atoms with Crippen molar-refractivity contribution in [3.05, 3.63) is 47.5 Å². The number of amides is 2. The number of carbonyl (C=O) groups is 2. The average Bonchev–Trinajstić information content (AvgIpc) is 2.73. The number of hydrogen-bond acceptors (Lipinski definition) is 5. The molecular formula is C22H27N3O4. The average molecular weight is 397 g/mol. The van der Waals surface area contributed by atoms with Crippen LogP contribution in [0.25, 0.3) is 0 Å². The van der Waals surface area contributed by atoms with Gasteiger partial charge in [0.15, 0.2) is 11.5 Å². The maximum atomic E-state index is 12.1.